The van der Waals surface area contributed by atoms with Crippen molar-refractivity contribution < 1.29 is 28.1 Å². The van der Waals surface area contributed by atoms with Gasteiger partial charge in [-0.1, -0.05) is 121 Å². The van der Waals surface area contributed by atoms with Gasteiger partial charge in [-0.05, 0) is 66.5 Å². The molecule has 0 unspecified atom stereocenters. The van der Waals surface area contributed by atoms with Gasteiger partial charge in [0, 0.05) is 0 Å². The summed E-state index contributed by atoms with van der Waals surface area (Å²) < 4.78 is 39.3. The van der Waals surface area contributed by atoms with Crippen LogP contribution in [0.4, 0.5) is 0 Å². The van der Waals surface area contributed by atoms with E-state index in [-0.39, 0.29) is 12.2 Å². The fraction of sp³-hybridized carbons (Fsp3) is 0.286. The highest BCUT2D eigenvalue weighted by molar-refractivity contribution is 6.80. The molecular weight excluding hydrogens is 629 g/mol. The van der Waals surface area contributed by atoms with E-state index in [9.17, 15) is 0 Å². The quantitative estimate of drug-likeness (QED) is 0.0934. The van der Waals surface area contributed by atoms with Gasteiger partial charge in [0.15, 0.2) is 0 Å². The Morgan fingerprint density at radius 1 is 0.531 bits per heavy atom. The van der Waals surface area contributed by atoms with E-state index < -0.39 is 27.4 Å². The van der Waals surface area contributed by atoms with Gasteiger partial charge in [-0.25, -0.2) is 0 Å². The zero-order chi connectivity index (χ0) is 34.3. The van der Waals surface area contributed by atoms with Crippen molar-refractivity contribution in [3.63, 3.8) is 0 Å². The van der Waals surface area contributed by atoms with Crippen LogP contribution in [0.1, 0.15) is 31.9 Å². The second-order valence-electron chi connectivity index (χ2n) is 12.9. The Balaban J connectivity index is 1.54. The summed E-state index contributed by atoms with van der Waals surface area (Å²) in [4.78, 5) is 0. The molecule has 0 bridgehead atoms. The van der Waals surface area contributed by atoms with E-state index in [0.29, 0.717) is 25.6 Å². The molecule has 0 heterocycles. The van der Waals surface area contributed by atoms with Crippen LogP contribution in [0.15, 0.2) is 146 Å². The molecule has 6 nitrogen and oxygen atoms in total. The maximum absolute atomic E-state index is 7.33. The number of benzene rings is 5. The first-order valence-electron chi connectivity index (χ1n) is 16.8. The van der Waals surface area contributed by atoms with E-state index >= 15 is 0 Å². The highest BCUT2D eigenvalue weighted by Gasteiger charge is 2.37. The van der Waals surface area contributed by atoms with E-state index in [1.165, 1.54) is 0 Å². The zero-order valence-corrected chi connectivity index (χ0v) is 30.1. The largest absolute Gasteiger partial charge is 0.497 e. The Bertz CT molecular complexity index is 1570. The smallest absolute Gasteiger partial charge is 0.240 e. The van der Waals surface area contributed by atoms with Crippen LogP contribution in [0.5, 0.6) is 11.5 Å². The average Bonchev–Trinajstić information content (AvgIpc) is 3.14. The molecule has 5 rings (SSSR count). The summed E-state index contributed by atoms with van der Waals surface area (Å²) in [5, 5.41) is 2.33. The van der Waals surface area contributed by atoms with Crippen LogP contribution >= 0.6 is 0 Å². The van der Waals surface area contributed by atoms with Gasteiger partial charge in [0.1, 0.15) is 36.4 Å². The molecule has 3 atom stereocenters. The summed E-state index contributed by atoms with van der Waals surface area (Å²) in [6.45, 7) is 7.46. The summed E-state index contributed by atoms with van der Waals surface area (Å²) in [5.41, 5.74) is 1.73. The van der Waals surface area contributed by atoms with E-state index in [4.69, 9.17) is 28.1 Å². The van der Waals surface area contributed by atoms with Crippen LogP contribution < -0.4 is 19.8 Å². The molecule has 0 amide bonds. The van der Waals surface area contributed by atoms with Gasteiger partial charge in [0.05, 0.1) is 32.5 Å². The Labute approximate surface area is 293 Å². The van der Waals surface area contributed by atoms with E-state index in [1.807, 2.05) is 72.8 Å². The molecule has 0 N–H and O–H groups in total. The number of hydrogen-bond donors (Lipinski definition) is 0. The van der Waals surface area contributed by atoms with Crippen LogP contribution in [0, 0.1) is 0 Å². The molecule has 0 aliphatic carbocycles. The summed E-state index contributed by atoms with van der Waals surface area (Å²) in [6, 6.07) is 48.9. The maximum Gasteiger partial charge on any atom is 0.240 e. The van der Waals surface area contributed by atoms with Crippen molar-refractivity contribution in [1.82, 2.24) is 0 Å². The van der Waals surface area contributed by atoms with Crippen molar-refractivity contribution in [2.75, 3.05) is 20.3 Å². The van der Waals surface area contributed by atoms with Gasteiger partial charge >= 0.3 is 0 Å². The predicted molar refractivity (Wildman–Crippen MR) is 198 cm³/mol. The standard InChI is InChI=1S/C42H48O6Si/c1-42(2,3)47-32-39(45-29-33-17-9-5-10-18-33)41(46-30-34-19-11-6-12-20-34)40(31-44-36-27-25-35(43-4)26-28-36)48-49(37-21-13-7-14-22-37)38-23-15-8-16-24-38/h5-28,39-41,49H,29-32H2,1-4H3/t39-,40+,41-/m0/s1. The van der Waals surface area contributed by atoms with Gasteiger partial charge in [-0.3, -0.25) is 0 Å². The van der Waals surface area contributed by atoms with Crippen LogP contribution in [0.2, 0.25) is 0 Å². The third-order valence-electron chi connectivity index (χ3n) is 7.99. The minimum absolute atomic E-state index is 0.232. The van der Waals surface area contributed by atoms with Gasteiger partial charge in [-0.2, -0.15) is 0 Å². The Morgan fingerprint density at radius 3 is 1.49 bits per heavy atom. The lowest BCUT2D eigenvalue weighted by Gasteiger charge is -2.37. The Kier molecular flexibility index (Phi) is 13.6. The molecule has 0 aromatic heterocycles. The molecule has 49 heavy (non-hydrogen) atoms. The first-order valence-corrected chi connectivity index (χ1v) is 18.5. The van der Waals surface area contributed by atoms with Gasteiger partial charge in [-0.15, -0.1) is 0 Å². The fourth-order valence-corrected chi connectivity index (χ4v) is 7.84. The second-order valence-corrected chi connectivity index (χ2v) is 15.2. The Morgan fingerprint density at radius 2 is 1.00 bits per heavy atom. The van der Waals surface area contributed by atoms with Gasteiger partial charge in [0.2, 0.25) is 9.04 Å². The van der Waals surface area contributed by atoms with Crippen LogP contribution in [0.25, 0.3) is 0 Å². The minimum Gasteiger partial charge on any atom is -0.497 e. The number of methoxy groups -OCH3 is 1. The SMILES string of the molecule is COc1ccc(OC[C@@H](O[SiH](c2ccccc2)c2ccccc2)[C@@H](OCc2ccccc2)[C@H](COC(C)(C)C)OCc2ccccc2)cc1. The third-order valence-corrected chi connectivity index (χ3v) is 10.6. The topological polar surface area (TPSA) is 55.4 Å². The third kappa shape index (κ3) is 11.7. The van der Waals surface area contributed by atoms with Crippen LogP contribution in [-0.2, 0) is 31.9 Å². The van der Waals surface area contributed by atoms with Crippen molar-refractivity contribution in [2.24, 2.45) is 0 Å². The van der Waals surface area contributed by atoms with Crippen molar-refractivity contribution in [3.05, 3.63) is 157 Å². The van der Waals surface area contributed by atoms with Crippen LogP contribution in [-0.4, -0.2) is 53.3 Å². The van der Waals surface area contributed by atoms with Crippen LogP contribution in [0.3, 0.4) is 0 Å². The molecule has 0 saturated heterocycles. The highest BCUT2D eigenvalue weighted by Crippen LogP contribution is 2.23. The van der Waals surface area contributed by atoms with E-state index in [0.717, 1.165) is 27.2 Å². The molecule has 0 fully saturated rings. The van der Waals surface area contributed by atoms with Gasteiger partial charge < -0.3 is 28.1 Å². The van der Waals surface area contributed by atoms with Gasteiger partial charge in [0.25, 0.3) is 0 Å². The molecule has 0 aliphatic heterocycles. The van der Waals surface area contributed by atoms with Crippen molar-refractivity contribution >= 4 is 19.4 Å². The molecule has 0 saturated carbocycles. The summed E-state index contributed by atoms with van der Waals surface area (Å²) in [5.74, 6) is 1.47. The zero-order valence-electron chi connectivity index (χ0n) is 28.9. The Hall–Kier alpha value is -4.24. The van der Waals surface area contributed by atoms with Crippen molar-refractivity contribution in [2.45, 2.75) is 57.9 Å². The molecule has 256 valence electrons. The first-order chi connectivity index (χ1) is 23.9. The lowest BCUT2D eigenvalue weighted by Crippen LogP contribution is -2.55. The molecule has 5 aromatic carbocycles. The normalized spacial score (nSPS) is 13.5. The van der Waals surface area contributed by atoms with Crippen molar-refractivity contribution in [1.29, 1.82) is 0 Å². The number of ether oxygens (including phenoxy) is 5. The summed E-state index contributed by atoms with van der Waals surface area (Å²) in [6.07, 6.45) is -1.55. The summed E-state index contributed by atoms with van der Waals surface area (Å²) in [7, 11) is -0.598. The molecule has 0 radical (unpaired) electrons. The highest BCUT2D eigenvalue weighted by atomic mass is 28.3. The number of hydrogen-bond acceptors (Lipinski definition) is 6. The summed E-state index contributed by atoms with van der Waals surface area (Å²) >= 11 is 0. The lowest BCUT2D eigenvalue weighted by atomic mass is 10.1. The van der Waals surface area contributed by atoms with Crippen molar-refractivity contribution in [3.8, 4) is 11.5 Å². The second kappa shape index (κ2) is 18.5. The maximum atomic E-state index is 7.33. The predicted octanol–water partition coefficient (Wildman–Crippen LogP) is 6.98. The molecule has 0 spiro atoms. The molecular formula is C42H48O6Si. The molecule has 0 aliphatic rings. The fourth-order valence-electron chi connectivity index (χ4n) is 5.41. The number of rotatable bonds is 18. The monoisotopic (exact) mass is 676 g/mol. The first kappa shape index (κ1) is 36.0. The average molecular weight is 677 g/mol. The minimum atomic E-state index is -2.25. The van der Waals surface area contributed by atoms with E-state index in [1.54, 1.807) is 7.11 Å². The lowest BCUT2D eigenvalue weighted by molar-refractivity contribution is -0.165. The van der Waals surface area contributed by atoms with E-state index in [2.05, 4.69) is 93.6 Å². The molecule has 7 heteroatoms. The molecule has 5 aromatic rings.